The van der Waals surface area contributed by atoms with Gasteiger partial charge in [-0.3, -0.25) is 4.79 Å². The van der Waals surface area contributed by atoms with E-state index in [0.717, 1.165) is 10.8 Å². The quantitative estimate of drug-likeness (QED) is 0.486. The standard InChI is InChI=1S/C21H18N2O5/c1-27-19-11-16-5-3-2-4-15(16)10-18(19)21(26)23-22-12-14-6-8-17(9-7-14)28-13-20(24)25/h2-12H,13H2,1H3,(H,23,26)(H,24,25). The van der Waals surface area contributed by atoms with Crippen molar-refractivity contribution in [3.05, 3.63) is 71.8 Å². The molecule has 0 aromatic heterocycles. The van der Waals surface area contributed by atoms with E-state index in [2.05, 4.69) is 10.5 Å². The fourth-order valence-electron chi connectivity index (χ4n) is 2.59. The second kappa shape index (κ2) is 8.68. The van der Waals surface area contributed by atoms with Crippen LogP contribution in [0.3, 0.4) is 0 Å². The van der Waals surface area contributed by atoms with Gasteiger partial charge in [0.1, 0.15) is 11.5 Å². The van der Waals surface area contributed by atoms with Gasteiger partial charge >= 0.3 is 5.97 Å². The maximum Gasteiger partial charge on any atom is 0.341 e. The third-order valence-electron chi connectivity index (χ3n) is 3.93. The molecule has 0 saturated heterocycles. The molecule has 0 aliphatic heterocycles. The molecular weight excluding hydrogens is 360 g/mol. The zero-order chi connectivity index (χ0) is 19.9. The van der Waals surface area contributed by atoms with Crippen molar-refractivity contribution in [2.24, 2.45) is 5.10 Å². The summed E-state index contributed by atoms with van der Waals surface area (Å²) in [7, 11) is 1.51. The van der Waals surface area contributed by atoms with Crippen LogP contribution in [0.1, 0.15) is 15.9 Å². The summed E-state index contributed by atoms with van der Waals surface area (Å²) in [4.78, 5) is 23.0. The van der Waals surface area contributed by atoms with Crippen LogP contribution in [-0.2, 0) is 4.79 Å². The van der Waals surface area contributed by atoms with Crippen LogP contribution in [0, 0.1) is 0 Å². The molecule has 1 amide bonds. The van der Waals surface area contributed by atoms with Crippen LogP contribution in [0.2, 0.25) is 0 Å². The summed E-state index contributed by atoms with van der Waals surface area (Å²) < 4.78 is 10.4. The van der Waals surface area contributed by atoms with Crippen molar-refractivity contribution < 1.29 is 24.2 Å². The van der Waals surface area contributed by atoms with E-state index in [1.165, 1.54) is 13.3 Å². The number of hydrazone groups is 1. The van der Waals surface area contributed by atoms with Gasteiger partial charge in [0.05, 0.1) is 18.9 Å². The maximum atomic E-state index is 12.5. The summed E-state index contributed by atoms with van der Waals surface area (Å²) in [5, 5.41) is 14.5. The van der Waals surface area contributed by atoms with Crippen molar-refractivity contribution >= 4 is 28.9 Å². The summed E-state index contributed by atoms with van der Waals surface area (Å²) in [6.07, 6.45) is 1.48. The number of hydrogen-bond donors (Lipinski definition) is 2. The van der Waals surface area contributed by atoms with Crippen LogP contribution in [0.4, 0.5) is 0 Å². The molecule has 7 nitrogen and oxygen atoms in total. The predicted molar refractivity (Wildman–Crippen MR) is 105 cm³/mol. The van der Waals surface area contributed by atoms with Gasteiger partial charge in [-0.2, -0.15) is 5.10 Å². The lowest BCUT2D eigenvalue weighted by Gasteiger charge is -2.09. The summed E-state index contributed by atoms with van der Waals surface area (Å²) >= 11 is 0. The van der Waals surface area contributed by atoms with E-state index in [1.54, 1.807) is 30.3 Å². The lowest BCUT2D eigenvalue weighted by molar-refractivity contribution is -0.139. The Kier molecular flexibility index (Phi) is 5.86. The van der Waals surface area contributed by atoms with Gasteiger partial charge in [0.25, 0.3) is 5.91 Å². The van der Waals surface area contributed by atoms with Gasteiger partial charge in [-0.05, 0) is 52.7 Å². The number of carbonyl (C=O) groups excluding carboxylic acids is 1. The first kappa shape index (κ1) is 18.9. The summed E-state index contributed by atoms with van der Waals surface area (Å²) in [6, 6.07) is 17.9. The molecule has 0 atom stereocenters. The monoisotopic (exact) mass is 378 g/mol. The van der Waals surface area contributed by atoms with E-state index in [0.29, 0.717) is 22.6 Å². The van der Waals surface area contributed by atoms with E-state index >= 15 is 0 Å². The van der Waals surface area contributed by atoms with Crippen molar-refractivity contribution in [2.45, 2.75) is 0 Å². The number of carboxylic acids is 1. The topological polar surface area (TPSA) is 97.2 Å². The number of nitrogens with zero attached hydrogens (tertiary/aromatic N) is 1. The Morgan fingerprint density at radius 1 is 1.07 bits per heavy atom. The van der Waals surface area contributed by atoms with Crippen LogP contribution < -0.4 is 14.9 Å². The van der Waals surface area contributed by atoms with Crippen LogP contribution in [0.25, 0.3) is 10.8 Å². The minimum absolute atomic E-state index is 0.385. The van der Waals surface area contributed by atoms with Gasteiger partial charge in [-0.15, -0.1) is 0 Å². The molecule has 3 aromatic rings. The van der Waals surface area contributed by atoms with Gasteiger partial charge in [0, 0.05) is 0 Å². The number of rotatable bonds is 7. The fraction of sp³-hybridized carbons (Fsp3) is 0.0952. The maximum absolute atomic E-state index is 12.5. The highest BCUT2D eigenvalue weighted by Crippen LogP contribution is 2.25. The number of hydrogen-bond acceptors (Lipinski definition) is 5. The number of ether oxygens (including phenoxy) is 2. The molecule has 0 saturated carbocycles. The second-order valence-corrected chi connectivity index (χ2v) is 5.85. The van der Waals surface area contributed by atoms with E-state index < -0.39 is 12.6 Å². The summed E-state index contributed by atoms with van der Waals surface area (Å²) in [5.74, 6) is -0.534. The molecule has 0 radical (unpaired) electrons. The van der Waals surface area contributed by atoms with E-state index in [1.807, 2.05) is 30.3 Å². The van der Waals surface area contributed by atoms with Gasteiger partial charge in [0.15, 0.2) is 6.61 Å². The number of aliphatic carboxylic acids is 1. The predicted octanol–water partition coefficient (Wildman–Crippen LogP) is 3.08. The van der Waals surface area contributed by atoms with Gasteiger partial charge in [0.2, 0.25) is 0 Å². The first-order valence-electron chi connectivity index (χ1n) is 8.41. The average Bonchev–Trinajstić information content (AvgIpc) is 2.72. The molecule has 0 spiro atoms. The molecule has 0 unspecified atom stereocenters. The smallest absolute Gasteiger partial charge is 0.341 e. The van der Waals surface area contributed by atoms with Gasteiger partial charge in [-0.25, -0.2) is 10.2 Å². The Labute approximate surface area is 161 Å². The Bertz CT molecular complexity index is 1030. The summed E-state index contributed by atoms with van der Waals surface area (Å²) in [6.45, 7) is -0.406. The number of carboxylic acid groups (broad SMARTS) is 1. The summed E-state index contributed by atoms with van der Waals surface area (Å²) in [5.41, 5.74) is 3.58. The minimum Gasteiger partial charge on any atom is -0.496 e. The number of methoxy groups -OCH3 is 1. The highest BCUT2D eigenvalue weighted by Gasteiger charge is 2.13. The highest BCUT2D eigenvalue weighted by atomic mass is 16.5. The van der Waals surface area contributed by atoms with Crippen molar-refractivity contribution in [2.75, 3.05) is 13.7 Å². The van der Waals surface area contributed by atoms with Gasteiger partial charge < -0.3 is 14.6 Å². The molecule has 0 bridgehead atoms. The van der Waals surface area contributed by atoms with E-state index in [4.69, 9.17) is 14.6 Å². The number of nitrogens with one attached hydrogen (secondary N) is 1. The molecule has 0 fully saturated rings. The molecule has 0 aliphatic rings. The SMILES string of the molecule is COc1cc2ccccc2cc1C(=O)NN=Cc1ccc(OCC(=O)O)cc1. The molecule has 3 aromatic carbocycles. The Balaban J connectivity index is 1.68. The van der Waals surface area contributed by atoms with Crippen LogP contribution >= 0.6 is 0 Å². The largest absolute Gasteiger partial charge is 0.496 e. The van der Waals surface area contributed by atoms with Crippen molar-refractivity contribution in [3.8, 4) is 11.5 Å². The molecule has 0 aliphatic carbocycles. The normalized spacial score (nSPS) is 10.8. The first-order valence-corrected chi connectivity index (χ1v) is 8.41. The van der Waals surface area contributed by atoms with Crippen LogP contribution in [0.15, 0.2) is 65.8 Å². The fourth-order valence-corrected chi connectivity index (χ4v) is 2.59. The molecule has 0 heterocycles. The highest BCUT2D eigenvalue weighted by molar-refractivity contribution is 6.01. The zero-order valence-corrected chi connectivity index (χ0v) is 15.1. The van der Waals surface area contributed by atoms with Crippen molar-refractivity contribution in [3.63, 3.8) is 0 Å². The van der Waals surface area contributed by atoms with Crippen molar-refractivity contribution in [1.29, 1.82) is 0 Å². The first-order chi connectivity index (χ1) is 13.6. The third kappa shape index (κ3) is 4.64. The molecule has 2 N–H and O–H groups in total. The number of fused-ring (bicyclic) bond motifs is 1. The third-order valence-corrected chi connectivity index (χ3v) is 3.93. The molecule has 142 valence electrons. The van der Waals surface area contributed by atoms with Gasteiger partial charge in [-0.1, -0.05) is 24.3 Å². The molecular formula is C21H18N2O5. The molecule has 3 rings (SSSR count). The molecule has 7 heteroatoms. The minimum atomic E-state index is -1.04. The Morgan fingerprint density at radius 2 is 1.75 bits per heavy atom. The number of carbonyl (C=O) groups is 2. The Morgan fingerprint density at radius 3 is 2.39 bits per heavy atom. The second-order valence-electron chi connectivity index (χ2n) is 5.85. The Hall–Kier alpha value is -3.87. The van der Waals surface area contributed by atoms with Crippen molar-refractivity contribution in [1.82, 2.24) is 5.43 Å². The lowest BCUT2D eigenvalue weighted by atomic mass is 10.1. The number of amides is 1. The lowest BCUT2D eigenvalue weighted by Crippen LogP contribution is -2.18. The van der Waals surface area contributed by atoms with Crippen LogP contribution in [-0.4, -0.2) is 36.9 Å². The molecule has 28 heavy (non-hydrogen) atoms. The van der Waals surface area contributed by atoms with E-state index in [-0.39, 0.29) is 5.91 Å². The zero-order valence-electron chi connectivity index (χ0n) is 15.1. The number of benzene rings is 3. The van der Waals surface area contributed by atoms with E-state index in [9.17, 15) is 9.59 Å². The van der Waals surface area contributed by atoms with Crippen LogP contribution in [0.5, 0.6) is 11.5 Å². The average molecular weight is 378 g/mol.